The fraction of sp³-hybridized carbons (Fsp3) is 0.933. The second kappa shape index (κ2) is 9.64. The van der Waals surface area contributed by atoms with E-state index in [1.165, 1.54) is 38.5 Å². The molecule has 1 heterocycles. The largest absolute Gasteiger partial charge is 0.317 e. The van der Waals surface area contributed by atoms with Crippen LogP contribution in [0.1, 0.15) is 71.1 Å². The minimum Gasteiger partial charge on any atom is -0.317 e. The maximum absolute atomic E-state index is 11.9. The first kappa shape index (κ1) is 14.7. The van der Waals surface area contributed by atoms with E-state index in [0.717, 1.165) is 38.8 Å². The molecular formula is C15H29NO. The van der Waals surface area contributed by atoms with Crippen molar-refractivity contribution in [1.29, 1.82) is 0 Å². The number of hydrogen-bond donors (Lipinski definition) is 1. The zero-order valence-corrected chi connectivity index (χ0v) is 11.5. The minimum absolute atomic E-state index is 0.372. The summed E-state index contributed by atoms with van der Waals surface area (Å²) in [4.78, 5) is 11.9. The Balaban J connectivity index is 1.92. The lowest BCUT2D eigenvalue weighted by molar-refractivity contribution is -0.123. The zero-order chi connectivity index (χ0) is 12.3. The highest BCUT2D eigenvalue weighted by molar-refractivity contribution is 5.81. The van der Waals surface area contributed by atoms with E-state index in [2.05, 4.69) is 12.2 Å². The fourth-order valence-electron chi connectivity index (χ4n) is 2.60. The second-order valence-corrected chi connectivity index (χ2v) is 5.36. The van der Waals surface area contributed by atoms with Gasteiger partial charge in [0.05, 0.1) is 0 Å². The van der Waals surface area contributed by atoms with Crippen molar-refractivity contribution in [1.82, 2.24) is 5.32 Å². The number of carbonyl (C=O) groups excluding carboxylic acids is 1. The topological polar surface area (TPSA) is 29.1 Å². The number of piperidine rings is 1. The number of Topliss-reactive ketones (excluding diaryl/α,β-unsaturated/α-hetero) is 1. The predicted molar refractivity (Wildman–Crippen MR) is 73.2 cm³/mol. The van der Waals surface area contributed by atoms with Gasteiger partial charge in [0.1, 0.15) is 5.78 Å². The van der Waals surface area contributed by atoms with Gasteiger partial charge < -0.3 is 5.32 Å². The molecule has 2 nitrogen and oxygen atoms in total. The van der Waals surface area contributed by atoms with Gasteiger partial charge >= 0.3 is 0 Å². The van der Waals surface area contributed by atoms with E-state index >= 15 is 0 Å². The molecule has 1 aliphatic rings. The molecule has 1 N–H and O–H groups in total. The van der Waals surface area contributed by atoms with E-state index in [-0.39, 0.29) is 0 Å². The lowest BCUT2D eigenvalue weighted by atomic mass is 9.90. The highest BCUT2D eigenvalue weighted by atomic mass is 16.1. The van der Waals surface area contributed by atoms with Crippen LogP contribution in [0.2, 0.25) is 0 Å². The third-order valence-corrected chi connectivity index (χ3v) is 3.82. The lowest BCUT2D eigenvalue weighted by Crippen LogP contribution is -2.31. The third kappa shape index (κ3) is 6.82. The second-order valence-electron chi connectivity index (χ2n) is 5.36. The molecule has 0 atom stereocenters. The van der Waals surface area contributed by atoms with Gasteiger partial charge in [0.15, 0.2) is 0 Å². The zero-order valence-electron chi connectivity index (χ0n) is 11.5. The molecule has 0 spiro atoms. The number of rotatable bonds is 9. The van der Waals surface area contributed by atoms with E-state index in [1.807, 2.05) is 0 Å². The van der Waals surface area contributed by atoms with E-state index in [1.54, 1.807) is 0 Å². The molecule has 100 valence electrons. The SMILES string of the molecule is CCCCCCCCCC(=O)C1CCNCC1. The van der Waals surface area contributed by atoms with Crippen LogP contribution in [0.15, 0.2) is 0 Å². The summed E-state index contributed by atoms with van der Waals surface area (Å²) in [7, 11) is 0. The quantitative estimate of drug-likeness (QED) is 0.622. The van der Waals surface area contributed by atoms with E-state index in [4.69, 9.17) is 0 Å². The van der Waals surface area contributed by atoms with Gasteiger partial charge in [-0.3, -0.25) is 4.79 Å². The van der Waals surface area contributed by atoms with Crippen molar-refractivity contribution in [2.75, 3.05) is 13.1 Å². The molecule has 0 radical (unpaired) electrons. The number of ketones is 1. The van der Waals surface area contributed by atoms with Crippen molar-refractivity contribution in [3.63, 3.8) is 0 Å². The fourth-order valence-corrected chi connectivity index (χ4v) is 2.60. The molecular weight excluding hydrogens is 210 g/mol. The van der Waals surface area contributed by atoms with Crippen LogP contribution >= 0.6 is 0 Å². The van der Waals surface area contributed by atoms with Gasteiger partial charge in [-0.05, 0) is 32.4 Å². The van der Waals surface area contributed by atoms with E-state index in [0.29, 0.717) is 11.7 Å². The van der Waals surface area contributed by atoms with Crippen LogP contribution in [-0.4, -0.2) is 18.9 Å². The highest BCUT2D eigenvalue weighted by Crippen LogP contribution is 2.17. The summed E-state index contributed by atoms with van der Waals surface area (Å²) >= 11 is 0. The van der Waals surface area contributed by atoms with Crippen molar-refractivity contribution >= 4 is 5.78 Å². The van der Waals surface area contributed by atoms with Crippen LogP contribution in [0.25, 0.3) is 0 Å². The van der Waals surface area contributed by atoms with Gasteiger partial charge in [0.25, 0.3) is 0 Å². The Bertz CT molecular complexity index is 197. The standard InChI is InChI=1S/C15H29NO/c1-2-3-4-5-6-7-8-9-15(17)14-10-12-16-13-11-14/h14,16H,2-13H2,1H3. The molecule has 0 saturated carbocycles. The molecule has 0 aromatic heterocycles. The van der Waals surface area contributed by atoms with Gasteiger partial charge in [-0.25, -0.2) is 0 Å². The summed E-state index contributed by atoms with van der Waals surface area (Å²) in [6, 6.07) is 0. The van der Waals surface area contributed by atoms with Crippen LogP contribution in [0.3, 0.4) is 0 Å². The van der Waals surface area contributed by atoms with Gasteiger partial charge in [0.2, 0.25) is 0 Å². The van der Waals surface area contributed by atoms with Crippen molar-refractivity contribution in [2.45, 2.75) is 71.1 Å². The molecule has 0 aromatic rings. The summed E-state index contributed by atoms with van der Waals surface area (Å²) in [5.74, 6) is 0.899. The molecule has 17 heavy (non-hydrogen) atoms. The summed E-state index contributed by atoms with van der Waals surface area (Å²) in [5.41, 5.74) is 0. The minimum atomic E-state index is 0.372. The van der Waals surface area contributed by atoms with E-state index < -0.39 is 0 Å². The highest BCUT2D eigenvalue weighted by Gasteiger charge is 2.19. The van der Waals surface area contributed by atoms with Crippen molar-refractivity contribution in [3.8, 4) is 0 Å². The smallest absolute Gasteiger partial charge is 0.136 e. The molecule has 0 unspecified atom stereocenters. The summed E-state index contributed by atoms with van der Waals surface area (Å²) in [6.07, 6.45) is 12.1. The number of carbonyl (C=O) groups is 1. The molecule has 0 aliphatic carbocycles. The van der Waals surface area contributed by atoms with Gasteiger partial charge in [-0.15, -0.1) is 0 Å². The van der Waals surface area contributed by atoms with Gasteiger partial charge in [-0.2, -0.15) is 0 Å². The molecule has 1 rings (SSSR count). The predicted octanol–water partition coefficient (Wildman–Crippen LogP) is 3.70. The first-order valence-electron chi connectivity index (χ1n) is 7.58. The molecule has 0 amide bonds. The average Bonchev–Trinajstić information content (AvgIpc) is 2.38. The van der Waals surface area contributed by atoms with Gasteiger partial charge in [0, 0.05) is 12.3 Å². The Morgan fingerprint density at radius 2 is 1.59 bits per heavy atom. The molecule has 0 aromatic carbocycles. The van der Waals surface area contributed by atoms with Crippen LogP contribution in [0.4, 0.5) is 0 Å². The molecule has 0 bridgehead atoms. The maximum Gasteiger partial charge on any atom is 0.136 e. The molecule has 1 fully saturated rings. The third-order valence-electron chi connectivity index (χ3n) is 3.82. The Kier molecular flexibility index (Phi) is 8.33. The first-order chi connectivity index (χ1) is 8.34. The van der Waals surface area contributed by atoms with Crippen LogP contribution in [0, 0.1) is 5.92 Å². The average molecular weight is 239 g/mol. The Morgan fingerprint density at radius 1 is 1.00 bits per heavy atom. The van der Waals surface area contributed by atoms with Crippen molar-refractivity contribution < 1.29 is 4.79 Å². The number of hydrogen-bond acceptors (Lipinski definition) is 2. The summed E-state index contributed by atoms with van der Waals surface area (Å²) in [5, 5.41) is 3.31. The van der Waals surface area contributed by atoms with Crippen LogP contribution in [0.5, 0.6) is 0 Å². The van der Waals surface area contributed by atoms with E-state index in [9.17, 15) is 4.79 Å². The van der Waals surface area contributed by atoms with Crippen LogP contribution in [-0.2, 0) is 4.79 Å². The molecule has 1 aliphatic heterocycles. The lowest BCUT2D eigenvalue weighted by Gasteiger charge is -2.21. The first-order valence-corrected chi connectivity index (χ1v) is 7.58. The maximum atomic E-state index is 11.9. The monoisotopic (exact) mass is 239 g/mol. The Hall–Kier alpha value is -0.370. The normalized spacial score (nSPS) is 17.2. The van der Waals surface area contributed by atoms with Crippen molar-refractivity contribution in [2.24, 2.45) is 5.92 Å². The summed E-state index contributed by atoms with van der Waals surface area (Å²) in [6.45, 7) is 4.32. The molecule has 1 saturated heterocycles. The Labute approximate surface area is 107 Å². The summed E-state index contributed by atoms with van der Waals surface area (Å²) < 4.78 is 0. The van der Waals surface area contributed by atoms with Crippen LogP contribution < -0.4 is 5.32 Å². The Morgan fingerprint density at radius 3 is 2.24 bits per heavy atom. The molecule has 2 heteroatoms. The number of nitrogens with one attached hydrogen (secondary N) is 1. The number of unbranched alkanes of at least 4 members (excludes halogenated alkanes) is 6. The van der Waals surface area contributed by atoms with Crippen molar-refractivity contribution in [3.05, 3.63) is 0 Å². The van der Waals surface area contributed by atoms with Gasteiger partial charge in [-0.1, -0.05) is 45.4 Å².